The number of amides is 1. The van der Waals surface area contributed by atoms with Gasteiger partial charge in [-0.15, -0.1) is 0 Å². The van der Waals surface area contributed by atoms with E-state index in [-0.39, 0.29) is 5.69 Å². The van der Waals surface area contributed by atoms with Crippen molar-refractivity contribution < 1.29 is 14.7 Å². The monoisotopic (exact) mass is 245 g/mol. The number of rotatable bonds is 3. The molecule has 0 unspecified atom stereocenters. The van der Waals surface area contributed by atoms with E-state index in [0.29, 0.717) is 13.0 Å². The van der Waals surface area contributed by atoms with Gasteiger partial charge in [0.1, 0.15) is 5.69 Å². The summed E-state index contributed by atoms with van der Waals surface area (Å²) < 4.78 is 0. The van der Waals surface area contributed by atoms with Gasteiger partial charge in [-0.25, -0.2) is 4.79 Å². The molecule has 0 fully saturated rings. The number of nitrogens with one attached hydrogen (secondary N) is 2. The molecule has 3 N–H and O–H groups in total. The average molecular weight is 245 g/mol. The van der Waals surface area contributed by atoms with Gasteiger partial charge in [-0.05, 0) is 30.2 Å². The van der Waals surface area contributed by atoms with Crippen molar-refractivity contribution in [3.63, 3.8) is 0 Å². The van der Waals surface area contributed by atoms with Crippen LogP contribution in [0.25, 0.3) is 10.9 Å². The number of aromatic amines is 1. The Bertz CT molecular complexity index is 647. The normalized spacial score (nSPS) is 13.7. The smallest absolute Gasteiger partial charge is 0.352 e. The van der Waals surface area contributed by atoms with Crippen LogP contribution < -0.4 is 10.4 Å². The van der Waals surface area contributed by atoms with E-state index >= 15 is 0 Å². The number of aromatic carboxylic acids is 1. The van der Waals surface area contributed by atoms with Crippen LogP contribution in [0.15, 0.2) is 18.2 Å². The summed E-state index contributed by atoms with van der Waals surface area (Å²) in [6.07, 6.45) is 1.42. The van der Waals surface area contributed by atoms with Gasteiger partial charge < -0.3 is 10.1 Å². The molecule has 1 aromatic carbocycles. The van der Waals surface area contributed by atoms with E-state index in [1.807, 2.05) is 12.1 Å². The first-order chi connectivity index (χ1) is 8.70. The molecule has 0 saturated carbocycles. The molecule has 2 aromatic rings. The van der Waals surface area contributed by atoms with E-state index in [1.54, 1.807) is 11.1 Å². The number of benzene rings is 1. The number of carboxylic acid groups (broad SMARTS) is 1. The fraction of sp³-hybridized carbons (Fsp3) is 0.167. The number of hydrogen-bond donors (Lipinski definition) is 3. The fourth-order valence-corrected chi connectivity index (χ4v) is 2.43. The highest BCUT2D eigenvalue weighted by molar-refractivity contribution is 5.97. The summed E-state index contributed by atoms with van der Waals surface area (Å²) in [7, 11) is 0. The molecular formula is C12H11N3O3. The second-order valence-corrected chi connectivity index (χ2v) is 4.16. The van der Waals surface area contributed by atoms with Crippen molar-refractivity contribution >= 4 is 29.0 Å². The first kappa shape index (κ1) is 10.6. The van der Waals surface area contributed by atoms with Crippen LogP contribution >= 0.6 is 0 Å². The number of carbonyl (C=O) groups excluding carboxylic acids is 1. The molecular weight excluding hydrogens is 234 g/mol. The molecule has 6 heteroatoms. The predicted octanol–water partition coefficient (Wildman–Crippen LogP) is 0.890. The average Bonchev–Trinajstić information content (AvgIpc) is 2.92. The molecule has 0 radical (unpaired) electrons. The van der Waals surface area contributed by atoms with Crippen LogP contribution in [0, 0.1) is 0 Å². The Labute approximate surface area is 102 Å². The van der Waals surface area contributed by atoms with E-state index in [9.17, 15) is 9.59 Å². The quantitative estimate of drug-likeness (QED) is 0.701. The Morgan fingerprint density at radius 3 is 3.06 bits per heavy atom. The minimum Gasteiger partial charge on any atom is -0.477 e. The van der Waals surface area contributed by atoms with Gasteiger partial charge in [-0.3, -0.25) is 15.2 Å². The maximum absolute atomic E-state index is 10.9. The molecule has 1 aliphatic rings. The van der Waals surface area contributed by atoms with Crippen LogP contribution in [0.5, 0.6) is 0 Å². The van der Waals surface area contributed by atoms with Crippen LogP contribution in [-0.4, -0.2) is 29.0 Å². The zero-order valence-electron chi connectivity index (χ0n) is 9.43. The zero-order chi connectivity index (χ0) is 12.7. The maximum Gasteiger partial charge on any atom is 0.352 e. The Morgan fingerprint density at radius 1 is 1.50 bits per heavy atom. The van der Waals surface area contributed by atoms with Crippen LogP contribution in [0.4, 0.5) is 5.69 Å². The lowest BCUT2D eigenvalue weighted by Crippen LogP contribution is -2.35. The number of aromatic nitrogens is 1. The molecule has 2 heterocycles. The summed E-state index contributed by atoms with van der Waals surface area (Å²) >= 11 is 0. The fourth-order valence-electron chi connectivity index (χ4n) is 2.43. The minimum absolute atomic E-state index is 0.181. The van der Waals surface area contributed by atoms with Gasteiger partial charge in [0.2, 0.25) is 6.41 Å². The second-order valence-electron chi connectivity index (χ2n) is 4.16. The van der Waals surface area contributed by atoms with Crippen LogP contribution in [0.1, 0.15) is 16.1 Å². The standard InChI is InChI=1S/C12H11N3O3/c16-6-13-15-4-3-7-8-5-10(12(17)18)14-9(8)1-2-11(7)15/h1-2,5-6,14H,3-4H2,(H,13,16)(H,17,18). The number of nitrogens with zero attached hydrogens (tertiary/aromatic N) is 1. The molecule has 0 bridgehead atoms. The van der Waals surface area contributed by atoms with Crippen LogP contribution in [0.2, 0.25) is 0 Å². The number of carboxylic acids is 1. The number of fused-ring (bicyclic) bond motifs is 3. The lowest BCUT2D eigenvalue weighted by molar-refractivity contribution is -0.109. The lowest BCUT2D eigenvalue weighted by atomic mass is 10.1. The van der Waals surface area contributed by atoms with Crippen LogP contribution in [-0.2, 0) is 11.2 Å². The summed E-state index contributed by atoms with van der Waals surface area (Å²) in [5.41, 5.74) is 5.59. The lowest BCUT2D eigenvalue weighted by Gasteiger charge is -2.16. The topological polar surface area (TPSA) is 85.4 Å². The molecule has 1 aliphatic heterocycles. The van der Waals surface area contributed by atoms with E-state index in [4.69, 9.17) is 5.11 Å². The van der Waals surface area contributed by atoms with Gasteiger partial charge in [0.25, 0.3) is 0 Å². The van der Waals surface area contributed by atoms with Gasteiger partial charge in [0, 0.05) is 17.4 Å². The Balaban J connectivity index is 2.15. The first-order valence-electron chi connectivity index (χ1n) is 5.56. The number of carbonyl (C=O) groups is 2. The van der Waals surface area contributed by atoms with E-state index in [1.165, 1.54) is 0 Å². The zero-order valence-corrected chi connectivity index (χ0v) is 9.43. The highest BCUT2D eigenvalue weighted by atomic mass is 16.4. The number of hydrogen-bond acceptors (Lipinski definition) is 3. The van der Waals surface area contributed by atoms with Crippen LogP contribution in [0.3, 0.4) is 0 Å². The maximum atomic E-state index is 10.9. The molecule has 92 valence electrons. The summed E-state index contributed by atoms with van der Waals surface area (Å²) in [6, 6.07) is 5.34. The predicted molar refractivity (Wildman–Crippen MR) is 65.5 cm³/mol. The summed E-state index contributed by atoms with van der Waals surface area (Å²) in [5, 5.41) is 11.6. The second kappa shape index (κ2) is 3.76. The third-order valence-electron chi connectivity index (χ3n) is 3.21. The Hall–Kier alpha value is -2.50. The van der Waals surface area contributed by atoms with E-state index in [2.05, 4.69) is 10.4 Å². The number of anilines is 1. The molecule has 6 nitrogen and oxygen atoms in total. The minimum atomic E-state index is -0.971. The van der Waals surface area contributed by atoms with Crippen molar-refractivity contribution in [3.8, 4) is 0 Å². The molecule has 18 heavy (non-hydrogen) atoms. The third kappa shape index (κ3) is 1.42. The van der Waals surface area contributed by atoms with E-state index < -0.39 is 5.97 Å². The van der Waals surface area contributed by atoms with Gasteiger partial charge in [0.15, 0.2) is 0 Å². The third-order valence-corrected chi connectivity index (χ3v) is 3.21. The summed E-state index contributed by atoms with van der Waals surface area (Å²) in [6.45, 7) is 0.695. The molecule has 1 aromatic heterocycles. The molecule has 0 spiro atoms. The summed E-state index contributed by atoms with van der Waals surface area (Å²) in [5.74, 6) is -0.971. The van der Waals surface area contributed by atoms with Crippen molar-refractivity contribution in [3.05, 3.63) is 29.5 Å². The SMILES string of the molecule is O=CNN1CCc2c1ccc1[nH]c(C(=O)O)cc21. The molecule has 0 saturated heterocycles. The Kier molecular flexibility index (Phi) is 2.22. The van der Waals surface area contributed by atoms with Gasteiger partial charge in [-0.1, -0.05) is 0 Å². The molecule has 3 rings (SSSR count). The molecule has 1 amide bonds. The number of hydrazine groups is 1. The largest absolute Gasteiger partial charge is 0.477 e. The van der Waals surface area contributed by atoms with Crippen molar-refractivity contribution in [2.45, 2.75) is 6.42 Å². The summed E-state index contributed by atoms with van der Waals surface area (Å²) in [4.78, 5) is 24.3. The van der Waals surface area contributed by atoms with Crippen molar-refractivity contribution in [1.29, 1.82) is 0 Å². The van der Waals surface area contributed by atoms with Crippen molar-refractivity contribution in [2.24, 2.45) is 0 Å². The molecule has 0 atom stereocenters. The van der Waals surface area contributed by atoms with Crippen molar-refractivity contribution in [2.75, 3.05) is 11.6 Å². The van der Waals surface area contributed by atoms with Gasteiger partial charge in [0.05, 0.1) is 5.69 Å². The van der Waals surface area contributed by atoms with E-state index in [0.717, 1.165) is 28.6 Å². The van der Waals surface area contributed by atoms with Gasteiger partial charge >= 0.3 is 5.97 Å². The van der Waals surface area contributed by atoms with Crippen molar-refractivity contribution in [1.82, 2.24) is 10.4 Å². The highest BCUT2D eigenvalue weighted by Crippen LogP contribution is 2.33. The van der Waals surface area contributed by atoms with Gasteiger partial charge in [-0.2, -0.15) is 0 Å². The highest BCUT2D eigenvalue weighted by Gasteiger charge is 2.22. The Morgan fingerprint density at radius 2 is 2.33 bits per heavy atom. The molecule has 0 aliphatic carbocycles. The first-order valence-corrected chi connectivity index (χ1v) is 5.56. The number of H-pyrrole nitrogens is 1.